The first-order valence-corrected chi connectivity index (χ1v) is 8.01. The Kier molecular flexibility index (Phi) is 4.89. The molecule has 4 heteroatoms. The first-order valence-electron chi connectivity index (χ1n) is 8.01. The van der Waals surface area contributed by atoms with E-state index in [0.29, 0.717) is 0 Å². The van der Waals surface area contributed by atoms with E-state index in [2.05, 4.69) is 5.32 Å². The first kappa shape index (κ1) is 16.5. The van der Waals surface area contributed by atoms with Crippen molar-refractivity contribution >= 4 is 17.5 Å². The molecule has 2 amide bonds. The largest absolute Gasteiger partial charge is 0.342 e. The number of nitrogens with one attached hydrogen (secondary N) is 1. The van der Waals surface area contributed by atoms with Crippen molar-refractivity contribution < 1.29 is 9.59 Å². The zero-order valence-corrected chi connectivity index (χ0v) is 14.0. The maximum absolute atomic E-state index is 12.7. The molecule has 1 aliphatic rings. The molecule has 0 saturated carbocycles. The van der Waals surface area contributed by atoms with E-state index < -0.39 is 5.41 Å². The van der Waals surface area contributed by atoms with Crippen LogP contribution >= 0.6 is 0 Å². The molecule has 1 heterocycles. The minimum absolute atomic E-state index is 0.0741. The third-order valence-corrected chi connectivity index (χ3v) is 4.60. The first-order chi connectivity index (χ1) is 10.3. The van der Waals surface area contributed by atoms with E-state index >= 15 is 0 Å². The van der Waals surface area contributed by atoms with Gasteiger partial charge in [-0.3, -0.25) is 9.59 Å². The van der Waals surface area contributed by atoms with Crippen LogP contribution in [0.1, 0.15) is 44.2 Å². The summed E-state index contributed by atoms with van der Waals surface area (Å²) in [5.41, 5.74) is 1.90. The molecule has 0 spiro atoms. The van der Waals surface area contributed by atoms with Crippen LogP contribution in [0.2, 0.25) is 0 Å². The number of hydrogen-bond acceptors (Lipinski definition) is 2. The van der Waals surface area contributed by atoms with Crippen molar-refractivity contribution in [3.8, 4) is 0 Å². The number of nitrogens with zero attached hydrogens (tertiary/aromatic N) is 1. The smallest absolute Gasteiger partial charge is 0.239 e. The maximum Gasteiger partial charge on any atom is 0.239 e. The van der Waals surface area contributed by atoms with E-state index in [1.54, 1.807) is 13.8 Å². The van der Waals surface area contributed by atoms with Crippen LogP contribution in [0.25, 0.3) is 0 Å². The van der Waals surface area contributed by atoms with Gasteiger partial charge in [0.15, 0.2) is 0 Å². The molecule has 1 aromatic carbocycles. The number of carbonyl (C=O) groups excluding carboxylic acids is 2. The van der Waals surface area contributed by atoms with Crippen LogP contribution in [0, 0.1) is 19.3 Å². The number of amides is 2. The van der Waals surface area contributed by atoms with Crippen LogP contribution in [0.4, 0.5) is 5.69 Å². The number of piperidine rings is 1. The molecule has 0 bridgehead atoms. The highest BCUT2D eigenvalue weighted by molar-refractivity contribution is 6.10. The molecule has 1 N–H and O–H groups in total. The molecule has 1 fully saturated rings. The van der Waals surface area contributed by atoms with E-state index in [1.807, 2.05) is 36.9 Å². The third kappa shape index (κ3) is 3.32. The second-order valence-electron chi connectivity index (χ2n) is 6.68. The van der Waals surface area contributed by atoms with Crippen LogP contribution in [0.5, 0.6) is 0 Å². The Morgan fingerprint density at radius 3 is 2.36 bits per heavy atom. The lowest BCUT2D eigenvalue weighted by Crippen LogP contribution is -2.49. The van der Waals surface area contributed by atoms with Crippen LogP contribution in [0.3, 0.4) is 0 Å². The zero-order chi connectivity index (χ0) is 16.3. The number of carbonyl (C=O) groups is 2. The van der Waals surface area contributed by atoms with Crippen molar-refractivity contribution in [2.75, 3.05) is 18.4 Å². The Bertz CT molecular complexity index is 572. The average molecular weight is 302 g/mol. The fourth-order valence-electron chi connectivity index (χ4n) is 2.75. The molecule has 0 radical (unpaired) electrons. The summed E-state index contributed by atoms with van der Waals surface area (Å²) in [6.45, 7) is 8.94. The lowest BCUT2D eigenvalue weighted by atomic mass is 9.89. The van der Waals surface area contributed by atoms with Crippen LogP contribution in [-0.4, -0.2) is 29.8 Å². The fourth-order valence-corrected chi connectivity index (χ4v) is 2.75. The van der Waals surface area contributed by atoms with Gasteiger partial charge < -0.3 is 10.2 Å². The molecule has 22 heavy (non-hydrogen) atoms. The van der Waals surface area contributed by atoms with Crippen molar-refractivity contribution in [2.24, 2.45) is 5.41 Å². The van der Waals surface area contributed by atoms with Crippen LogP contribution in [-0.2, 0) is 9.59 Å². The molecule has 2 rings (SSSR count). The van der Waals surface area contributed by atoms with Gasteiger partial charge in [0.2, 0.25) is 11.8 Å². The molecule has 0 atom stereocenters. The quantitative estimate of drug-likeness (QED) is 0.871. The van der Waals surface area contributed by atoms with Gasteiger partial charge in [-0.2, -0.15) is 0 Å². The fraction of sp³-hybridized carbons (Fsp3) is 0.556. The second-order valence-corrected chi connectivity index (χ2v) is 6.68. The summed E-state index contributed by atoms with van der Waals surface area (Å²) < 4.78 is 0. The van der Waals surface area contributed by atoms with Gasteiger partial charge in [-0.25, -0.2) is 0 Å². The molecule has 1 saturated heterocycles. The molecule has 4 nitrogen and oxygen atoms in total. The number of benzene rings is 1. The minimum atomic E-state index is -1.05. The van der Waals surface area contributed by atoms with E-state index in [4.69, 9.17) is 0 Å². The molecule has 120 valence electrons. The predicted molar refractivity (Wildman–Crippen MR) is 88.8 cm³/mol. The third-order valence-electron chi connectivity index (χ3n) is 4.60. The Hall–Kier alpha value is -1.84. The summed E-state index contributed by atoms with van der Waals surface area (Å²) in [4.78, 5) is 27.1. The lowest BCUT2D eigenvalue weighted by Gasteiger charge is -2.33. The average Bonchev–Trinajstić information content (AvgIpc) is 2.51. The van der Waals surface area contributed by atoms with E-state index in [0.717, 1.165) is 42.7 Å². The Morgan fingerprint density at radius 2 is 1.73 bits per heavy atom. The summed E-state index contributed by atoms with van der Waals surface area (Å²) in [6, 6.07) is 5.80. The SMILES string of the molecule is Cc1cccc(NC(=O)C(C)(C)C(=O)N2CCCCC2)c1C. The minimum Gasteiger partial charge on any atom is -0.342 e. The van der Waals surface area contributed by atoms with E-state index in [-0.39, 0.29) is 11.8 Å². The topological polar surface area (TPSA) is 49.4 Å². The van der Waals surface area contributed by atoms with Crippen molar-refractivity contribution in [3.05, 3.63) is 29.3 Å². The summed E-state index contributed by atoms with van der Waals surface area (Å²) in [6.07, 6.45) is 3.22. The van der Waals surface area contributed by atoms with Crippen molar-refractivity contribution in [2.45, 2.75) is 47.0 Å². The van der Waals surface area contributed by atoms with E-state index in [9.17, 15) is 9.59 Å². The molecule has 0 aromatic heterocycles. The summed E-state index contributed by atoms with van der Waals surface area (Å²) in [5.74, 6) is -0.313. The monoisotopic (exact) mass is 302 g/mol. The van der Waals surface area contributed by atoms with Crippen molar-refractivity contribution in [1.82, 2.24) is 4.90 Å². The highest BCUT2D eigenvalue weighted by atomic mass is 16.2. The number of hydrogen-bond donors (Lipinski definition) is 1. The highest BCUT2D eigenvalue weighted by Crippen LogP contribution is 2.26. The molecular weight excluding hydrogens is 276 g/mol. The zero-order valence-electron chi connectivity index (χ0n) is 14.0. The van der Waals surface area contributed by atoms with Gasteiger partial charge in [-0.1, -0.05) is 12.1 Å². The second kappa shape index (κ2) is 6.51. The lowest BCUT2D eigenvalue weighted by molar-refractivity contribution is -0.147. The van der Waals surface area contributed by atoms with Gasteiger partial charge in [-0.15, -0.1) is 0 Å². The van der Waals surface area contributed by atoms with Gasteiger partial charge in [0.05, 0.1) is 0 Å². The van der Waals surface area contributed by atoms with Gasteiger partial charge >= 0.3 is 0 Å². The van der Waals surface area contributed by atoms with Gasteiger partial charge in [0.25, 0.3) is 0 Å². The normalized spacial score (nSPS) is 15.5. The number of anilines is 1. The Labute approximate surface area is 132 Å². The summed E-state index contributed by atoms with van der Waals surface area (Å²) >= 11 is 0. The summed E-state index contributed by atoms with van der Waals surface area (Å²) in [5, 5.41) is 2.92. The number of aryl methyl sites for hydroxylation is 1. The van der Waals surface area contributed by atoms with E-state index in [1.165, 1.54) is 6.42 Å². The number of likely N-dealkylation sites (tertiary alicyclic amines) is 1. The van der Waals surface area contributed by atoms with Crippen LogP contribution < -0.4 is 5.32 Å². The Balaban J connectivity index is 2.12. The molecule has 1 aromatic rings. The molecule has 0 aliphatic carbocycles. The van der Waals surface area contributed by atoms with Gasteiger partial charge in [-0.05, 0) is 64.2 Å². The van der Waals surface area contributed by atoms with Gasteiger partial charge in [0, 0.05) is 18.8 Å². The predicted octanol–water partition coefficient (Wildman–Crippen LogP) is 3.28. The van der Waals surface area contributed by atoms with Crippen LogP contribution in [0.15, 0.2) is 18.2 Å². The Morgan fingerprint density at radius 1 is 1.09 bits per heavy atom. The maximum atomic E-state index is 12.7. The highest BCUT2D eigenvalue weighted by Gasteiger charge is 2.39. The van der Waals surface area contributed by atoms with Crippen molar-refractivity contribution in [3.63, 3.8) is 0 Å². The molecule has 0 unspecified atom stereocenters. The summed E-state index contributed by atoms with van der Waals surface area (Å²) in [7, 11) is 0. The number of rotatable bonds is 3. The standard InChI is InChI=1S/C18H26N2O2/c1-13-9-8-10-15(14(13)2)19-16(21)18(3,4)17(22)20-11-6-5-7-12-20/h8-10H,5-7,11-12H2,1-4H3,(H,19,21). The molecule has 1 aliphatic heterocycles. The van der Waals surface area contributed by atoms with Gasteiger partial charge in [0.1, 0.15) is 5.41 Å². The molecular formula is C18H26N2O2. The van der Waals surface area contributed by atoms with Crippen molar-refractivity contribution in [1.29, 1.82) is 0 Å².